The van der Waals surface area contributed by atoms with E-state index in [0.29, 0.717) is 5.56 Å². The number of ether oxygens (including phenoxy) is 1. The predicted molar refractivity (Wildman–Crippen MR) is 122 cm³/mol. The van der Waals surface area contributed by atoms with E-state index in [2.05, 4.69) is 0 Å². The van der Waals surface area contributed by atoms with Gasteiger partial charge in [-0.15, -0.1) is 0 Å². The quantitative estimate of drug-likeness (QED) is 0.467. The first kappa shape index (κ1) is 24.8. The molecule has 160 valence electrons. The zero-order valence-electron chi connectivity index (χ0n) is 18.6. The average molecular weight is 409 g/mol. The van der Waals surface area contributed by atoms with Crippen molar-refractivity contribution in [2.24, 2.45) is 0 Å². The summed E-state index contributed by atoms with van der Waals surface area (Å²) >= 11 is 0. The molecule has 0 unspecified atom stereocenters. The number of esters is 1. The van der Waals surface area contributed by atoms with Crippen molar-refractivity contribution in [2.75, 3.05) is 0 Å². The summed E-state index contributed by atoms with van der Waals surface area (Å²) in [6.07, 6.45) is 0. The number of carbonyl (C=O) groups is 1. The molecule has 0 radical (unpaired) electrons. The molecule has 4 rings (SSSR count). The second-order valence-electron chi connectivity index (χ2n) is 5.71. The first-order chi connectivity index (χ1) is 14.6. The Labute approximate surface area is 179 Å². The van der Waals surface area contributed by atoms with E-state index >= 15 is 0 Å². The molecule has 0 spiro atoms. The minimum Gasteiger partial charge on any atom is -0.508 e. The number of phenolic OH excluding ortho intramolecular Hbond substituents is 2. The number of fused-ring (bicyclic) bond motifs is 1. The summed E-state index contributed by atoms with van der Waals surface area (Å²) in [5.41, 5.74) is 1.60. The molecular formula is C26H32O4. The van der Waals surface area contributed by atoms with Crippen molar-refractivity contribution in [1.82, 2.24) is 0 Å². The Morgan fingerprint density at radius 2 is 1.03 bits per heavy atom. The highest BCUT2D eigenvalue weighted by Gasteiger charge is 2.48. The van der Waals surface area contributed by atoms with E-state index in [1.54, 1.807) is 60.7 Å². The molecule has 4 nitrogen and oxygen atoms in total. The molecule has 0 aliphatic carbocycles. The van der Waals surface area contributed by atoms with Gasteiger partial charge < -0.3 is 14.9 Å². The molecule has 0 fully saturated rings. The maximum atomic E-state index is 12.4. The Balaban J connectivity index is 0.000000691. The number of aromatic hydroxyl groups is 2. The SMILES string of the molecule is CC.CC.CC.O=C1OC(c2ccc(O)cc2)(c2ccc(O)cc2)c2ccccc21. The van der Waals surface area contributed by atoms with Gasteiger partial charge in [0.1, 0.15) is 11.5 Å². The lowest BCUT2D eigenvalue weighted by Crippen LogP contribution is -2.29. The molecule has 2 N–H and O–H groups in total. The van der Waals surface area contributed by atoms with Crippen LogP contribution >= 0.6 is 0 Å². The van der Waals surface area contributed by atoms with Crippen molar-refractivity contribution < 1.29 is 19.7 Å². The van der Waals surface area contributed by atoms with Crippen LogP contribution in [0, 0.1) is 0 Å². The van der Waals surface area contributed by atoms with Gasteiger partial charge in [0.05, 0.1) is 5.56 Å². The fourth-order valence-corrected chi connectivity index (χ4v) is 3.20. The molecular weight excluding hydrogens is 376 g/mol. The van der Waals surface area contributed by atoms with E-state index in [9.17, 15) is 15.0 Å². The maximum absolute atomic E-state index is 12.4. The number of carbonyl (C=O) groups excluding carboxylic acids is 1. The second kappa shape index (κ2) is 11.7. The number of cyclic esters (lactones) is 1. The lowest BCUT2D eigenvalue weighted by atomic mass is 9.80. The van der Waals surface area contributed by atoms with Gasteiger partial charge in [-0.05, 0) is 30.3 Å². The van der Waals surface area contributed by atoms with Crippen LogP contribution in [0.5, 0.6) is 11.5 Å². The highest BCUT2D eigenvalue weighted by Crippen LogP contribution is 2.47. The highest BCUT2D eigenvalue weighted by atomic mass is 16.6. The minimum absolute atomic E-state index is 0.136. The van der Waals surface area contributed by atoms with Crippen molar-refractivity contribution >= 4 is 5.97 Å². The fourth-order valence-electron chi connectivity index (χ4n) is 3.20. The van der Waals surface area contributed by atoms with Crippen molar-refractivity contribution in [3.05, 3.63) is 95.1 Å². The Morgan fingerprint density at radius 1 is 0.633 bits per heavy atom. The lowest BCUT2D eigenvalue weighted by Gasteiger charge is -2.30. The predicted octanol–water partition coefficient (Wildman–Crippen LogP) is 6.64. The zero-order valence-corrected chi connectivity index (χ0v) is 18.6. The zero-order chi connectivity index (χ0) is 22.7. The van der Waals surface area contributed by atoms with Crippen molar-refractivity contribution in [2.45, 2.75) is 47.1 Å². The largest absolute Gasteiger partial charge is 0.508 e. The summed E-state index contributed by atoms with van der Waals surface area (Å²) < 4.78 is 5.87. The van der Waals surface area contributed by atoms with Crippen molar-refractivity contribution in [3.8, 4) is 11.5 Å². The van der Waals surface area contributed by atoms with Crippen LogP contribution in [0.1, 0.15) is 68.6 Å². The van der Waals surface area contributed by atoms with Crippen molar-refractivity contribution in [3.63, 3.8) is 0 Å². The van der Waals surface area contributed by atoms with E-state index in [4.69, 9.17) is 4.74 Å². The summed E-state index contributed by atoms with van der Waals surface area (Å²) in [7, 11) is 0. The molecule has 0 bridgehead atoms. The number of hydrogen-bond donors (Lipinski definition) is 2. The van der Waals surface area contributed by atoms with E-state index < -0.39 is 11.6 Å². The van der Waals surface area contributed by atoms with Crippen LogP contribution in [-0.2, 0) is 10.3 Å². The van der Waals surface area contributed by atoms with Crippen LogP contribution in [0.25, 0.3) is 0 Å². The molecule has 0 saturated carbocycles. The Kier molecular flexibility index (Phi) is 9.63. The van der Waals surface area contributed by atoms with Gasteiger partial charge in [-0.25, -0.2) is 4.79 Å². The van der Waals surface area contributed by atoms with Gasteiger partial charge in [0.2, 0.25) is 0 Å². The van der Waals surface area contributed by atoms with E-state index in [1.807, 2.05) is 53.7 Å². The fraction of sp³-hybridized carbons (Fsp3) is 0.269. The third kappa shape index (κ3) is 4.65. The normalized spacial score (nSPS) is 12.5. The third-order valence-corrected chi connectivity index (χ3v) is 4.32. The molecule has 3 aromatic rings. The summed E-state index contributed by atoms with van der Waals surface area (Å²) in [6, 6.07) is 20.4. The number of hydrogen-bond acceptors (Lipinski definition) is 4. The van der Waals surface area contributed by atoms with Gasteiger partial charge in [0.15, 0.2) is 5.60 Å². The molecule has 1 heterocycles. The molecule has 1 aliphatic rings. The van der Waals surface area contributed by atoms with Crippen LogP contribution in [0.2, 0.25) is 0 Å². The molecule has 4 heteroatoms. The van der Waals surface area contributed by atoms with Gasteiger partial charge >= 0.3 is 5.97 Å². The van der Waals surface area contributed by atoms with Gasteiger partial charge in [-0.3, -0.25) is 0 Å². The highest BCUT2D eigenvalue weighted by molar-refractivity contribution is 5.96. The summed E-state index contributed by atoms with van der Waals surface area (Å²) in [5, 5.41) is 19.2. The summed E-state index contributed by atoms with van der Waals surface area (Å²) in [5.74, 6) is -0.124. The summed E-state index contributed by atoms with van der Waals surface area (Å²) in [4.78, 5) is 12.4. The standard InChI is InChI=1S/C20H14O4.3C2H6/c21-15-9-5-13(6-10-15)20(14-7-11-16(22)12-8-14)18-4-2-1-3-17(18)19(23)24-20;3*1-2/h1-12,21-22H;3*1-2H3. The lowest BCUT2D eigenvalue weighted by molar-refractivity contribution is 0.0251. The van der Waals surface area contributed by atoms with E-state index in [0.717, 1.165) is 16.7 Å². The molecule has 3 aromatic carbocycles. The monoisotopic (exact) mass is 408 g/mol. The molecule has 0 amide bonds. The third-order valence-electron chi connectivity index (χ3n) is 4.32. The average Bonchev–Trinajstić information content (AvgIpc) is 3.12. The Bertz CT molecular complexity index is 867. The van der Waals surface area contributed by atoms with Crippen LogP contribution < -0.4 is 0 Å². The van der Waals surface area contributed by atoms with E-state index in [-0.39, 0.29) is 11.5 Å². The topological polar surface area (TPSA) is 66.8 Å². The first-order valence-corrected chi connectivity index (χ1v) is 10.5. The number of benzene rings is 3. The van der Waals surface area contributed by atoms with Crippen LogP contribution in [-0.4, -0.2) is 16.2 Å². The Hall–Kier alpha value is -3.27. The smallest absolute Gasteiger partial charge is 0.340 e. The van der Waals surface area contributed by atoms with E-state index in [1.165, 1.54) is 0 Å². The molecule has 0 saturated heterocycles. The molecule has 30 heavy (non-hydrogen) atoms. The Morgan fingerprint density at radius 3 is 1.47 bits per heavy atom. The van der Waals surface area contributed by atoms with Crippen LogP contribution in [0.3, 0.4) is 0 Å². The van der Waals surface area contributed by atoms with Gasteiger partial charge in [-0.1, -0.05) is 84.0 Å². The number of rotatable bonds is 2. The van der Waals surface area contributed by atoms with Crippen LogP contribution in [0.4, 0.5) is 0 Å². The maximum Gasteiger partial charge on any atom is 0.340 e. The number of phenols is 2. The molecule has 1 aliphatic heterocycles. The van der Waals surface area contributed by atoms with Gasteiger partial charge in [0, 0.05) is 16.7 Å². The second-order valence-corrected chi connectivity index (χ2v) is 5.71. The van der Waals surface area contributed by atoms with Crippen molar-refractivity contribution in [1.29, 1.82) is 0 Å². The molecule has 0 aromatic heterocycles. The minimum atomic E-state index is -1.10. The van der Waals surface area contributed by atoms with Gasteiger partial charge in [0.25, 0.3) is 0 Å². The summed E-state index contributed by atoms with van der Waals surface area (Å²) in [6.45, 7) is 12.0. The van der Waals surface area contributed by atoms with Gasteiger partial charge in [-0.2, -0.15) is 0 Å². The van der Waals surface area contributed by atoms with Crippen LogP contribution in [0.15, 0.2) is 72.8 Å². The first-order valence-electron chi connectivity index (χ1n) is 10.5. The molecule has 0 atom stereocenters.